The lowest BCUT2D eigenvalue weighted by atomic mass is 9.92. The Morgan fingerprint density at radius 1 is 1.03 bits per heavy atom. The summed E-state index contributed by atoms with van der Waals surface area (Å²) in [5.41, 5.74) is 8.67. The molecule has 0 radical (unpaired) electrons. The SMILES string of the molecule is NC1CCC(Nc2cc(-c3cc(NCc4cccc(F)c4)ncc3Cl)ccn2)CC1. The molecule has 4 N–H and O–H groups in total. The van der Waals surface area contributed by atoms with Crippen LogP contribution in [-0.4, -0.2) is 22.1 Å². The summed E-state index contributed by atoms with van der Waals surface area (Å²) in [5, 5.41) is 7.31. The summed E-state index contributed by atoms with van der Waals surface area (Å²) in [6.07, 6.45) is 7.58. The molecule has 2 heterocycles. The molecule has 30 heavy (non-hydrogen) atoms. The number of hydrogen-bond donors (Lipinski definition) is 3. The number of aromatic nitrogens is 2. The van der Waals surface area contributed by atoms with Crippen LogP contribution < -0.4 is 16.4 Å². The van der Waals surface area contributed by atoms with Gasteiger partial charge in [0.25, 0.3) is 0 Å². The summed E-state index contributed by atoms with van der Waals surface area (Å²) in [4.78, 5) is 8.81. The first-order valence-electron chi connectivity index (χ1n) is 10.2. The molecule has 0 amide bonds. The minimum absolute atomic E-state index is 0.254. The van der Waals surface area contributed by atoms with Crippen LogP contribution in [0.25, 0.3) is 11.1 Å². The molecule has 1 aliphatic carbocycles. The minimum atomic E-state index is -0.254. The number of benzene rings is 1. The molecule has 1 fully saturated rings. The summed E-state index contributed by atoms with van der Waals surface area (Å²) in [5.74, 6) is 1.25. The van der Waals surface area contributed by atoms with Gasteiger partial charge in [0.05, 0.1) is 5.02 Å². The Morgan fingerprint density at radius 3 is 2.67 bits per heavy atom. The van der Waals surface area contributed by atoms with E-state index < -0.39 is 0 Å². The maximum Gasteiger partial charge on any atom is 0.126 e. The first kappa shape index (κ1) is 20.6. The molecular formula is C23H25ClFN5. The van der Waals surface area contributed by atoms with Gasteiger partial charge < -0.3 is 16.4 Å². The van der Waals surface area contributed by atoms with Crippen molar-refractivity contribution in [2.45, 2.75) is 44.3 Å². The molecule has 5 nitrogen and oxygen atoms in total. The Labute approximate surface area is 180 Å². The maximum absolute atomic E-state index is 13.4. The topological polar surface area (TPSA) is 75.9 Å². The summed E-state index contributed by atoms with van der Waals surface area (Å²) in [6, 6.07) is 13.0. The average molecular weight is 426 g/mol. The number of halogens is 2. The second-order valence-electron chi connectivity index (χ2n) is 7.72. The quantitative estimate of drug-likeness (QED) is 0.504. The molecular weight excluding hydrogens is 401 g/mol. The van der Waals surface area contributed by atoms with E-state index in [9.17, 15) is 4.39 Å². The lowest BCUT2D eigenvalue weighted by Crippen LogP contribution is -2.32. The number of nitrogens with one attached hydrogen (secondary N) is 2. The van der Waals surface area contributed by atoms with Crippen molar-refractivity contribution in [3.05, 3.63) is 71.3 Å². The number of hydrogen-bond acceptors (Lipinski definition) is 5. The molecule has 0 aliphatic heterocycles. The predicted octanol–water partition coefficient (Wildman–Crippen LogP) is 5.23. The first-order valence-corrected chi connectivity index (χ1v) is 10.6. The van der Waals surface area contributed by atoms with Crippen molar-refractivity contribution in [3.63, 3.8) is 0 Å². The van der Waals surface area contributed by atoms with E-state index in [1.165, 1.54) is 12.1 Å². The zero-order valence-electron chi connectivity index (χ0n) is 16.6. The fourth-order valence-corrected chi connectivity index (χ4v) is 3.96. The summed E-state index contributed by atoms with van der Waals surface area (Å²) in [6.45, 7) is 0.471. The third-order valence-corrected chi connectivity index (χ3v) is 5.71. The van der Waals surface area contributed by atoms with Crippen LogP contribution in [0.4, 0.5) is 16.0 Å². The van der Waals surface area contributed by atoms with Crippen LogP contribution in [0.1, 0.15) is 31.2 Å². The van der Waals surface area contributed by atoms with E-state index in [2.05, 4.69) is 20.6 Å². The van der Waals surface area contributed by atoms with Gasteiger partial charge in [0.1, 0.15) is 17.5 Å². The lowest BCUT2D eigenvalue weighted by molar-refractivity contribution is 0.410. The molecule has 1 aromatic carbocycles. The second kappa shape index (κ2) is 9.41. The molecule has 0 spiro atoms. The lowest BCUT2D eigenvalue weighted by Gasteiger charge is -2.27. The highest BCUT2D eigenvalue weighted by atomic mass is 35.5. The monoisotopic (exact) mass is 425 g/mol. The average Bonchev–Trinajstić information content (AvgIpc) is 2.75. The smallest absolute Gasteiger partial charge is 0.126 e. The van der Waals surface area contributed by atoms with Crippen LogP contribution in [0, 0.1) is 5.82 Å². The third kappa shape index (κ3) is 5.26. The van der Waals surface area contributed by atoms with Crippen LogP contribution >= 0.6 is 11.6 Å². The molecule has 7 heteroatoms. The van der Waals surface area contributed by atoms with Crippen LogP contribution in [0.2, 0.25) is 5.02 Å². The number of nitrogens with zero attached hydrogens (tertiary/aromatic N) is 2. The van der Waals surface area contributed by atoms with E-state index in [4.69, 9.17) is 17.3 Å². The molecule has 0 saturated heterocycles. The van der Waals surface area contributed by atoms with Gasteiger partial charge in [-0.05, 0) is 67.1 Å². The zero-order valence-corrected chi connectivity index (χ0v) is 17.4. The van der Waals surface area contributed by atoms with Gasteiger partial charge in [-0.1, -0.05) is 23.7 Å². The highest BCUT2D eigenvalue weighted by molar-refractivity contribution is 6.33. The molecule has 156 valence electrons. The molecule has 0 bridgehead atoms. The van der Waals surface area contributed by atoms with E-state index in [1.807, 2.05) is 24.3 Å². The maximum atomic E-state index is 13.4. The van der Waals surface area contributed by atoms with Gasteiger partial charge in [0, 0.05) is 36.6 Å². The molecule has 0 atom stereocenters. The van der Waals surface area contributed by atoms with Crippen molar-refractivity contribution >= 4 is 23.2 Å². The molecule has 3 aromatic rings. The Bertz CT molecular complexity index is 1000. The Morgan fingerprint density at radius 2 is 1.87 bits per heavy atom. The van der Waals surface area contributed by atoms with E-state index in [-0.39, 0.29) is 5.82 Å². The van der Waals surface area contributed by atoms with E-state index in [0.29, 0.717) is 29.5 Å². The number of anilines is 2. The van der Waals surface area contributed by atoms with Gasteiger partial charge in [-0.25, -0.2) is 14.4 Å². The standard InChI is InChI=1S/C23H25ClFN5/c24-21-14-29-22(28-13-15-2-1-3-17(25)10-15)12-20(21)16-8-9-27-23(11-16)30-19-6-4-18(26)5-7-19/h1-3,8-12,14,18-19H,4-7,13,26H2,(H,27,30)(H,28,29). The molecule has 0 unspecified atom stereocenters. The zero-order chi connectivity index (χ0) is 20.9. The first-order chi connectivity index (χ1) is 14.6. The second-order valence-corrected chi connectivity index (χ2v) is 8.13. The van der Waals surface area contributed by atoms with Crippen molar-refractivity contribution < 1.29 is 4.39 Å². The van der Waals surface area contributed by atoms with Crippen LogP contribution in [0.15, 0.2) is 54.9 Å². The van der Waals surface area contributed by atoms with Crippen molar-refractivity contribution in [2.24, 2.45) is 5.73 Å². The number of nitrogens with two attached hydrogens (primary N) is 1. The van der Waals surface area contributed by atoms with Crippen LogP contribution in [-0.2, 0) is 6.54 Å². The van der Waals surface area contributed by atoms with Crippen LogP contribution in [0.5, 0.6) is 0 Å². The minimum Gasteiger partial charge on any atom is -0.367 e. The fraction of sp³-hybridized carbons (Fsp3) is 0.304. The number of pyridine rings is 2. The van der Waals surface area contributed by atoms with E-state index in [0.717, 1.165) is 48.2 Å². The highest BCUT2D eigenvalue weighted by Gasteiger charge is 2.18. The predicted molar refractivity (Wildman–Crippen MR) is 120 cm³/mol. The van der Waals surface area contributed by atoms with Gasteiger partial charge in [-0.15, -0.1) is 0 Å². The normalized spacial score (nSPS) is 18.8. The Hall–Kier alpha value is -2.70. The fourth-order valence-electron chi connectivity index (χ4n) is 3.75. The van der Waals surface area contributed by atoms with E-state index >= 15 is 0 Å². The summed E-state index contributed by atoms with van der Waals surface area (Å²) in [7, 11) is 0. The summed E-state index contributed by atoms with van der Waals surface area (Å²) >= 11 is 6.43. The Balaban J connectivity index is 1.48. The Kier molecular flexibility index (Phi) is 6.45. The van der Waals surface area contributed by atoms with Gasteiger partial charge in [-0.3, -0.25) is 0 Å². The third-order valence-electron chi connectivity index (χ3n) is 5.41. The van der Waals surface area contributed by atoms with Crippen LogP contribution in [0.3, 0.4) is 0 Å². The van der Waals surface area contributed by atoms with Crippen molar-refractivity contribution in [1.82, 2.24) is 9.97 Å². The van der Waals surface area contributed by atoms with Gasteiger partial charge in [0.15, 0.2) is 0 Å². The molecule has 2 aromatic heterocycles. The van der Waals surface area contributed by atoms with Crippen molar-refractivity contribution in [2.75, 3.05) is 10.6 Å². The van der Waals surface area contributed by atoms with Crippen molar-refractivity contribution in [1.29, 1.82) is 0 Å². The molecule has 1 saturated carbocycles. The van der Waals surface area contributed by atoms with Gasteiger partial charge in [0.2, 0.25) is 0 Å². The van der Waals surface area contributed by atoms with Gasteiger partial charge in [-0.2, -0.15) is 0 Å². The summed E-state index contributed by atoms with van der Waals surface area (Å²) < 4.78 is 13.4. The molecule has 4 rings (SSSR count). The highest BCUT2D eigenvalue weighted by Crippen LogP contribution is 2.31. The molecule has 1 aliphatic rings. The number of rotatable bonds is 6. The van der Waals surface area contributed by atoms with Gasteiger partial charge >= 0.3 is 0 Å². The largest absolute Gasteiger partial charge is 0.367 e. The van der Waals surface area contributed by atoms with Crippen molar-refractivity contribution in [3.8, 4) is 11.1 Å². The van der Waals surface area contributed by atoms with E-state index in [1.54, 1.807) is 18.5 Å².